The highest BCUT2D eigenvalue weighted by atomic mass is 19.1. The van der Waals surface area contributed by atoms with Crippen LogP contribution in [0.2, 0.25) is 0 Å². The zero-order valence-corrected chi connectivity index (χ0v) is 14.2. The molecule has 1 aliphatic rings. The van der Waals surface area contributed by atoms with Gasteiger partial charge in [0.15, 0.2) is 0 Å². The third-order valence-electron chi connectivity index (χ3n) is 4.85. The molecular formula is C20H23FN2. The topological polar surface area (TPSA) is 15.6 Å². The Morgan fingerprint density at radius 2 is 1.87 bits per heavy atom. The zero-order chi connectivity index (χ0) is 16.6. The van der Waals surface area contributed by atoms with E-state index in [1.54, 1.807) is 12.1 Å². The summed E-state index contributed by atoms with van der Waals surface area (Å²) in [4.78, 5) is 6.80. The maximum absolute atomic E-state index is 12.9. The second-order valence-corrected chi connectivity index (χ2v) is 7.03. The molecule has 120 valence electrons. The molecule has 0 saturated carbocycles. The Kier molecular flexibility index (Phi) is 3.97. The van der Waals surface area contributed by atoms with E-state index in [0.717, 1.165) is 17.7 Å². The summed E-state index contributed by atoms with van der Waals surface area (Å²) in [6, 6.07) is 12.7. The van der Waals surface area contributed by atoms with Crippen LogP contribution in [0.25, 0.3) is 0 Å². The van der Waals surface area contributed by atoms with Crippen molar-refractivity contribution in [2.45, 2.75) is 38.6 Å². The standard InChI is InChI=1S/C20H23FN2/c1-14-12-20(2,3)23(4)19-10-5-15(11-18(14)19)13-22-17-8-6-16(21)7-9-17/h5-11,13-14H,12H2,1-4H3. The van der Waals surface area contributed by atoms with E-state index in [9.17, 15) is 4.39 Å². The summed E-state index contributed by atoms with van der Waals surface area (Å²) in [6.45, 7) is 6.86. The van der Waals surface area contributed by atoms with Crippen LogP contribution in [0.15, 0.2) is 47.5 Å². The van der Waals surface area contributed by atoms with E-state index in [2.05, 4.69) is 55.9 Å². The van der Waals surface area contributed by atoms with Crippen LogP contribution in [0.1, 0.15) is 44.2 Å². The quantitative estimate of drug-likeness (QED) is 0.687. The maximum Gasteiger partial charge on any atom is 0.123 e. The van der Waals surface area contributed by atoms with Crippen LogP contribution in [0.4, 0.5) is 15.8 Å². The number of anilines is 1. The molecule has 2 aromatic rings. The molecule has 1 aliphatic heterocycles. The van der Waals surface area contributed by atoms with Gasteiger partial charge in [-0.2, -0.15) is 0 Å². The molecule has 0 fully saturated rings. The van der Waals surface area contributed by atoms with Gasteiger partial charge in [0.25, 0.3) is 0 Å². The molecule has 0 radical (unpaired) electrons. The minimum absolute atomic E-state index is 0.177. The number of rotatable bonds is 2. The first-order valence-corrected chi connectivity index (χ1v) is 8.04. The minimum atomic E-state index is -0.239. The number of benzene rings is 2. The van der Waals surface area contributed by atoms with Crippen molar-refractivity contribution in [1.82, 2.24) is 0 Å². The highest BCUT2D eigenvalue weighted by molar-refractivity contribution is 5.83. The lowest BCUT2D eigenvalue weighted by Crippen LogP contribution is -2.45. The second kappa shape index (κ2) is 5.80. The number of aliphatic imine (C=N–C) groups is 1. The van der Waals surface area contributed by atoms with Crippen molar-refractivity contribution in [3.8, 4) is 0 Å². The van der Waals surface area contributed by atoms with Crippen LogP contribution in [-0.4, -0.2) is 18.8 Å². The molecule has 0 bridgehead atoms. The van der Waals surface area contributed by atoms with Crippen LogP contribution in [0.5, 0.6) is 0 Å². The lowest BCUT2D eigenvalue weighted by Gasteiger charge is -2.45. The van der Waals surface area contributed by atoms with Gasteiger partial charge < -0.3 is 4.90 Å². The largest absolute Gasteiger partial charge is 0.369 e. The lowest BCUT2D eigenvalue weighted by atomic mass is 9.80. The normalized spacial score (nSPS) is 19.9. The molecular weight excluding hydrogens is 287 g/mol. The Balaban J connectivity index is 1.89. The highest BCUT2D eigenvalue weighted by Crippen LogP contribution is 2.42. The predicted molar refractivity (Wildman–Crippen MR) is 95.6 cm³/mol. The molecule has 1 atom stereocenters. The molecule has 0 amide bonds. The van der Waals surface area contributed by atoms with Gasteiger partial charge in [-0.25, -0.2) is 4.39 Å². The summed E-state index contributed by atoms with van der Waals surface area (Å²) >= 11 is 0. The first-order valence-electron chi connectivity index (χ1n) is 8.04. The molecule has 0 spiro atoms. The van der Waals surface area contributed by atoms with Gasteiger partial charge in [0.2, 0.25) is 0 Å². The van der Waals surface area contributed by atoms with Gasteiger partial charge in [0.1, 0.15) is 5.82 Å². The van der Waals surface area contributed by atoms with Gasteiger partial charge in [0.05, 0.1) is 5.69 Å². The zero-order valence-electron chi connectivity index (χ0n) is 14.2. The van der Waals surface area contributed by atoms with Crippen molar-refractivity contribution < 1.29 is 4.39 Å². The Bertz CT molecular complexity index is 732. The molecule has 2 aromatic carbocycles. The molecule has 0 saturated heterocycles. The van der Waals surface area contributed by atoms with Crippen molar-refractivity contribution in [2.24, 2.45) is 4.99 Å². The van der Waals surface area contributed by atoms with Crippen LogP contribution in [0, 0.1) is 5.82 Å². The Morgan fingerprint density at radius 3 is 2.57 bits per heavy atom. The fourth-order valence-corrected chi connectivity index (χ4v) is 3.35. The summed E-state index contributed by atoms with van der Waals surface area (Å²) < 4.78 is 12.9. The average molecular weight is 310 g/mol. The van der Waals surface area contributed by atoms with Gasteiger partial charge in [0, 0.05) is 24.5 Å². The molecule has 23 heavy (non-hydrogen) atoms. The summed E-state index contributed by atoms with van der Waals surface area (Å²) in [5.74, 6) is 0.285. The third kappa shape index (κ3) is 3.14. The van der Waals surface area contributed by atoms with E-state index in [1.807, 2.05) is 6.21 Å². The third-order valence-corrected chi connectivity index (χ3v) is 4.85. The highest BCUT2D eigenvalue weighted by Gasteiger charge is 2.33. The fourth-order valence-electron chi connectivity index (χ4n) is 3.35. The van der Waals surface area contributed by atoms with Gasteiger partial charge in [-0.3, -0.25) is 4.99 Å². The van der Waals surface area contributed by atoms with E-state index < -0.39 is 0 Å². The molecule has 1 unspecified atom stereocenters. The molecule has 3 rings (SSSR count). The van der Waals surface area contributed by atoms with Crippen LogP contribution in [-0.2, 0) is 0 Å². The van der Waals surface area contributed by atoms with Crippen molar-refractivity contribution in [2.75, 3.05) is 11.9 Å². The van der Waals surface area contributed by atoms with Gasteiger partial charge in [-0.15, -0.1) is 0 Å². The summed E-state index contributed by atoms with van der Waals surface area (Å²) in [7, 11) is 2.16. The van der Waals surface area contributed by atoms with Crippen molar-refractivity contribution in [3.05, 3.63) is 59.4 Å². The Morgan fingerprint density at radius 1 is 1.17 bits per heavy atom. The molecule has 3 heteroatoms. The molecule has 1 heterocycles. The van der Waals surface area contributed by atoms with Crippen molar-refractivity contribution in [3.63, 3.8) is 0 Å². The van der Waals surface area contributed by atoms with E-state index >= 15 is 0 Å². The SMILES string of the molecule is CC1CC(C)(C)N(C)c2ccc(C=Nc3ccc(F)cc3)cc21. The number of nitrogens with zero attached hydrogens (tertiary/aromatic N) is 2. The number of hydrogen-bond donors (Lipinski definition) is 0. The van der Waals surface area contributed by atoms with E-state index in [0.29, 0.717) is 5.92 Å². The first kappa shape index (κ1) is 15.7. The average Bonchev–Trinajstić information content (AvgIpc) is 2.52. The van der Waals surface area contributed by atoms with Crippen molar-refractivity contribution >= 4 is 17.6 Å². The predicted octanol–water partition coefficient (Wildman–Crippen LogP) is 5.30. The Hall–Kier alpha value is -2.16. The second-order valence-electron chi connectivity index (χ2n) is 7.03. The number of halogens is 1. The molecule has 0 aliphatic carbocycles. The summed E-state index contributed by atoms with van der Waals surface area (Å²) in [6.07, 6.45) is 2.98. The van der Waals surface area contributed by atoms with Crippen molar-refractivity contribution in [1.29, 1.82) is 0 Å². The number of fused-ring (bicyclic) bond motifs is 1. The van der Waals surface area contributed by atoms with E-state index in [1.165, 1.54) is 23.4 Å². The number of hydrogen-bond acceptors (Lipinski definition) is 2. The monoisotopic (exact) mass is 310 g/mol. The van der Waals surface area contributed by atoms with Gasteiger partial charge >= 0.3 is 0 Å². The molecule has 0 aromatic heterocycles. The fraction of sp³-hybridized carbons (Fsp3) is 0.350. The van der Waals surface area contributed by atoms with Crippen LogP contribution < -0.4 is 4.90 Å². The van der Waals surface area contributed by atoms with E-state index in [4.69, 9.17) is 0 Å². The lowest BCUT2D eigenvalue weighted by molar-refractivity contribution is 0.395. The first-order chi connectivity index (χ1) is 10.9. The smallest absolute Gasteiger partial charge is 0.123 e. The van der Waals surface area contributed by atoms with Crippen LogP contribution in [0.3, 0.4) is 0 Å². The summed E-state index contributed by atoms with van der Waals surface area (Å²) in [5, 5.41) is 0. The molecule has 2 nitrogen and oxygen atoms in total. The minimum Gasteiger partial charge on any atom is -0.369 e. The van der Waals surface area contributed by atoms with Gasteiger partial charge in [-0.05, 0) is 73.7 Å². The molecule has 0 N–H and O–H groups in total. The van der Waals surface area contributed by atoms with Gasteiger partial charge in [-0.1, -0.05) is 13.0 Å². The Labute approximate surface area is 137 Å². The maximum atomic E-state index is 12.9. The van der Waals surface area contributed by atoms with Crippen LogP contribution >= 0.6 is 0 Å². The van der Waals surface area contributed by atoms with E-state index in [-0.39, 0.29) is 11.4 Å². The summed E-state index contributed by atoms with van der Waals surface area (Å²) in [5.41, 5.74) is 4.68.